The first-order chi connectivity index (χ1) is 6.03. The minimum atomic E-state index is -0.635. The Labute approximate surface area is 78.7 Å². The lowest BCUT2D eigenvalue weighted by Gasteiger charge is -2.43. The summed E-state index contributed by atoms with van der Waals surface area (Å²) in [6.07, 6.45) is 2.62. The van der Waals surface area contributed by atoms with E-state index < -0.39 is 5.97 Å². The third kappa shape index (κ3) is 1.46. The quantitative estimate of drug-likeness (QED) is 0.714. The van der Waals surface area contributed by atoms with Crippen molar-refractivity contribution in [3.63, 3.8) is 0 Å². The van der Waals surface area contributed by atoms with E-state index in [-0.39, 0.29) is 5.92 Å². The minimum Gasteiger partial charge on any atom is -0.481 e. The lowest BCUT2D eigenvalue weighted by atomic mass is 9.91. The largest absolute Gasteiger partial charge is 0.481 e. The van der Waals surface area contributed by atoms with Crippen molar-refractivity contribution in [2.75, 3.05) is 13.1 Å². The van der Waals surface area contributed by atoms with E-state index in [4.69, 9.17) is 5.11 Å². The lowest BCUT2D eigenvalue weighted by molar-refractivity contribution is -0.149. The molecule has 0 aromatic carbocycles. The summed E-state index contributed by atoms with van der Waals surface area (Å²) in [4.78, 5) is 12.9. The molecule has 1 aliphatic carbocycles. The Balaban J connectivity index is 1.83. The van der Waals surface area contributed by atoms with Gasteiger partial charge in [0, 0.05) is 19.1 Å². The molecule has 0 aromatic heterocycles. The van der Waals surface area contributed by atoms with Crippen LogP contribution in [0.25, 0.3) is 0 Å². The highest BCUT2D eigenvalue weighted by atomic mass is 16.4. The van der Waals surface area contributed by atoms with Crippen LogP contribution >= 0.6 is 0 Å². The van der Waals surface area contributed by atoms with Crippen LogP contribution in [0.2, 0.25) is 0 Å². The molecular weight excluding hydrogens is 166 g/mol. The maximum atomic E-state index is 10.6. The third-order valence-corrected chi connectivity index (χ3v) is 3.85. The first-order valence-electron chi connectivity index (χ1n) is 5.00. The van der Waals surface area contributed by atoms with Gasteiger partial charge < -0.3 is 5.11 Å². The zero-order valence-electron chi connectivity index (χ0n) is 8.29. The molecule has 0 amide bonds. The molecule has 2 rings (SSSR count). The molecule has 1 unspecified atom stereocenters. The molecule has 1 saturated carbocycles. The first kappa shape index (κ1) is 9.00. The summed E-state index contributed by atoms with van der Waals surface area (Å²) in [5.74, 6) is -0.741. The molecule has 0 spiro atoms. The molecule has 2 aliphatic rings. The normalized spacial score (nSPS) is 29.4. The number of carboxylic acids is 1. The van der Waals surface area contributed by atoms with Gasteiger partial charge in [0.25, 0.3) is 0 Å². The van der Waals surface area contributed by atoms with Crippen molar-refractivity contribution in [1.82, 2.24) is 4.90 Å². The number of rotatable bonds is 3. The molecular formula is C10H17NO2. The number of carbonyl (C=O) groups is 1. The molecule has 1 heterocycles. The molecule has 1 atom stereocenters. The summed E-state index contributed by atoms with van der Waals surface area (Å²) in [6, 6.07) is 0.572. The molecule has 3 heteroatoms. The summed E-state index contributed by atoms with van der Waals surface area (Å²) in [5.41, 5.74) is 0.490. The van der Waals surface area contributed by atoms with Gasteiger partial charge in [0.1, 0.15) is 0 Å². The van der Waals surface area contributed by atoms with Crippen molar-refractivity contribution in [1.29, 1.82) is 0 Å². The van der Waals surface area contributed by atoms with Crippen LogP contribution in [0.1, 0.15) is 26.7 Å². The Hall–Kier alpha value is -0.570. The Morgan fingerprint density at radius 2 is 2.08 bits per heavy atom. The fraction of sp³-hybridized carbons (Fsp3) is 0.900. The second-order valence-electron chi connectivity index (χ2n) is 4.82. The summed E-state index contributed by atoms with van der Waals surface area (Å²) >= 11 is 0. The standard InChI is InChI=1S/C10H17NO2/c1-7(10(2)3-4-10)11-5-8(6-11)9(12)13/h7-8H,3-6H2,1-2H3,(H,12,13). The van der Waals surface area contributed by atoms with Gasteiger partial charge in [0.2, 0.25) is 0 Å². The van der Waals surface area contributed by atoms with Crippen molar-refractivity contribution in [2.24, 2.45) is 11.3 Å². The molecule has 1 N–H and O–H groups in total. The topological polar surface area (TPSA) is 40.5 Å². The van der Waals surface area contributed by atoms with E-state index in [1.54, 1.807) is 0 Å². The molecule has 0 bridgehead atoms. The van der Waals surface area contributed by atoms with E-state index >= 15 is 0 Å². The average Bonchev–Trinajstić information content (AvgIpc) is 2.64. The predicted molar refractivity (Wildman–Crippen MR) is 49.5 cm³/mol. The lowest BCUT2D eigenvalue weighted by Crippen LogP contribution is -2.56. The van der Waals surface area contributed by atoms with Gasteiger partial charge in [0.15, 0.2) is 0 Å². The molecule has 74 valence electrons. The van der Waals surface area contributed by atoms with Crippen LogP contribution in [-0.2, 0) is 4.79 Å². The molecule has 1 saturated heterocycles. The summed E-state index contributed by atoms with van der Waals surface area (Å²) in [6.45, 7) is 6.04. The Morgan fingerprint density at radius 3 is 2.46 bits per heavy atom. The molecule has 2 fully saturated rings. The first-order valence-corrected chi connectivity index (χ1v) is 5.00. The van der Waals surface area contributed by atoms with Gasteiger partial charge in [-0.25, -0.2) is 0 Å². The van der Waals surface area contributed by atoms with Crippen molar-refractivity contribution in [3.8, 4) is 0 Å². The van der Waals surface area contributed by atoms with Crippen molar-refractivity contribution >= 4 is 5.97 Å². The van der Waals surface area contributed by atoms with E-state index in [0.717, 1.165) is 13.1 Å². The predicted octanol–water partition coefficient (Wildman–Crippen LogP) is 1.19. The van der Waals surface area contributed by atoms with E-state index in [9.17, 15) is 4.79 Å². The van der Waals surface area contributed by atoms with E-state index in [1.807, 2.05) is 0 Å². The number of carboxylic acid groups (broad SMARTS) is 1. The van der Waals surface area contributed by atoms with Gasteiger partial charge in [-0.3, -0.25) is 9.69 Å². The van der Waals surface area contributed by atoms with E-state index in [1.165, 1.54) is 12.8 Å². The SMILES string of the molecule is CC(N1CC(C(=O)O)C1)C1(C)CC1. The highest BCUT2D eigenvalue weighted by molar-refractivity contribution is 5.71. The van der Waals surface area contributed by atoms with Crippen LogP contribution in [0.5, 0.6) is 0 Å². The number of nitrogens with zero attached hydrogens (tertiary/aromatic N) is 1. The maximum absolute atomic E-state index is 10.6. The van der Waals surface area contributed by atoms with Gasteiger partial charge in [-0.1, -0.05) is 6.92 Å². The highest BCUT2D eigenvalue weighted by Crippen LogP contribution is 2.50. The van der Waals surface area contributed by atoms with Crippen LogP contribution in [0.15, 0.2) is 0 Å². The van der Waals surface area contributed by atoms with Gasteiger partial charge >= 0.3 is 5.97 Å². The fourth-order valence-electron chi connectivity index (χ4n) is 2.04. The van der Waals surface area contributed by atoms with Crippen LogP contribution in [-0.4, -0.2) is 35.1 Å². The van der Waals surface area contributed by atoms with Crippen LogP contribution in [0.4, 0.5) is 0 Å². The average molecular weight is 183 g/mol. The van der Waals surface area contributed by atoms with Crippen molar-refractivity contribution in [3.05, 3.63) is 0 Å². The van der Waals surface area contributed by atoms with Crippen LogP contribution < -0.4 is 0 Å². The molecule has 1 aliphatic heterocycles. The highest BCUT2D eigenvalue weighted by Gasteiger charge is 2.48. The Kier molecular flexibility index (Phi) is 1.88. The second-order valence-corrected chi connectivity index (χ2v) is 4.82. The van der Waals surface area contributed by atoms with Gasteiger partial charge in [-0.15, -0.1) is 0 Å². The second kappa shape index (κ2) is 2.71. The van der Waals surface area contributed by atoms with Gasteiger partial charge in [-0.2, -0.15) is 0 Å². The van der Waals surface area contributed by atoms with Crippen LogP contribution in [0.3, 0.4) is 0 Å². The smallest absolute Gasteiger partial charge is 0.309 e. The molecule has 0 radical (unpaired) electrons. The van der Waals surface area contributed by atoms with Crippen molar-refractivity contribution < 1.29 is 9.90 Å². The van der Waals surface area contributed by atoms with Crippen molar-refractivity contribution in [2.45, 2.75) is 32.7 Å². The third-order valence-electron chi connectivity index (χ3n) is 3.85. The van der Waals surface area contributed by atoms with Gasteiger partial charge in [-0.05, 0) is 25.2 Å². The summed E-state index contributed by atoms with van der Waals surface area (Å²) in [7, 11) is 0. The van der Waals surface area contributed by atoms with E-state index in [2.05, 4.69) is 18.7 Å². The van der Waals surface area contributed by atoms with Gasteiger partial charge in [0.05, 0.1) is 5.92 Å². The number of hydrogen-bond donors (Lipinski definition) is 1. The monoisotopic (exact) mass is 183 g/mol. The zero-order chi connectivity index (χ0) is 9.64. The number of aliphatic carboxylic acids is 1. The van der Waals surface area contributed by atoms with Crippen LogP contribution in [0, 0.1) is 11.3 Å². The summed E-state index contributed by atoms with van der Waals surface area (Å²) < 4.78 is 0. The Morgan fingerprint density at radius 1 is 1.54 bits per heavy atom. The summed E-state index contributed by atoms with van der Waals surface area (Å²) in [5, 5.41) is 8.72. The molecule has 0 aromatic rings. The zero-order valence-corrected chi connectivity index (χ0v) is 8.29. The molecule has 13 heavy (non-hydrogen) atoms. The maximum Gasteiger partial charge on any atom is 0.309 e. The molecule has 3 nitrogen and oxygen atoms in total. The number of likely N-dealkylation sites (tertiary alicyclic amines) is 1. The Bertz CT molecular complexity index is 229. The fourth-order valence-corrected chi connectivity index (χ4v) is 2.04. The van der Waals surface area contributed by atoms with E-state index in [0.29, 0.717) is 11.5 Å². The number of hydrogen-bond acceptors (Lipinski definition) is 2. The minimum absolute atomic E-state index is 0.107.